The van der Waals surface area contributed by atoms with Crippen molar-refractivity contribution in [2.75, 3.05) is 5.73 Å². The second kappa shape index (κ2) is 7.35. The number of nitrogen functional groups attached to an aromatic ring is 1. The van der Waals surface area contributed by atoms with Crippen LogP contribution in [0.15, 0.2) is 62.4 Å². The van der Waals surface area contributed by atoms with Gasteiger partial charge in [-0.25, -0.2) is 4.98 Å². The lowest BCUT2D eigenvalue weighted by molar-refractivity contribution is -0.364. The molecule has 2 heterocycles. The molecular weight excluding hydrogens is 380 g/mol. The summed E-state index contributed by atoms with van der Waals surface area (Å²) in [6, 6.07) is 18.2. The smallest absolute Gasteiger partial charge is 0.289 e. The Morgan fingerprint density at radius 2 is 1.83 bits per heavy atom. The second-order valence-electron chi connectivity index (χ2n) is 6.64. The zero-order chi connectivity index (χ0) is 20.5. The number of rotatable bonds is 3. The number of H-pyrrole nitrogens is 1. The highest BCUT2D eigenvalue weighted by molar-refractivity contribution is 7.99. The number of nitrogens with zero attached hydrogens (tertiary/aromatic N) is 2. The van der Waals surface area contributed by atoms with Crippen molar-refractivity contribution in [1.82, 2.24) is 0 Å². The lowest BCUT2D eigenvalue weighted by Crippen LogP contribution is -2.20. The number of hydrogen-bond donors (Lipinski definition) is 1. The molecule has 5 nitrogen and oxygen atoms in total. The first-order valence-corrected chi connectivity index (χ1v) is 9.77. The van der Waals surface area contributed by atoms with Crippen molar-refractivity contribution in [2.45, 2.75) is 23.8 Å². The number of anilines is 1. The summed E-state index contributed by atoms with van der Waals surface area (Å²) in [5.41, 5.74) is 10.8. The standard InChI is InChI=1S/C23H16N4OS/c1-13-17(10-15-8-9-20(28-15)29-16-6-4-3-5-7-16)21-14(2)19(12-25)23(26)27-22(21)18(13)11-24/h3-10H,1-2H3,(H2,26,27)/p+1/b17-10+. The summed E-state index contributed by atoms with van der Waals surface area (Å²) in [6.07, 6.45) is 1.91. The van der Waals surface area contributed by atoms with Gasteiger partial charge in [0.05, 0.1) is 0 Å². The molecule has 3 aromatic rings. The Balaban J connectivity index is 1.79. The van der Waals surface area contributed by atoms with Crippen molar-refractivity contribution < 1.29 is 9.40 Å². The summed E-state index contributed by atoms with van der Waals surface area (Å²) in [4.78, 5) is 4.12. The number of aromatic nitrogens is 1. The van der Waals surface area contributed by atoms with Gasteiger partial charge in [0.25, 0.3) is 5.82 Å². The van der Waals surface area contributed by atoms with Crippen molar-refractivity contribution in [2.24, 2.45) is 0 Å². The summed E-state index contributed by atoms with van der Waals surface area (Å²) in [6.45, 7) is 3.74. The van der Waals surface area contributed by atoms with E-state index in [0.29, 0.717) is 22.6 Å². The number of nitrogens with two attached hydrogens (primary N) is 1. The quantitative estimate of drug-likeness (QED) is 0.680. The fourth-order valence-electron chi connectivity index (χ4n) is 3.49. The Hall–Kier alpha value is -3.74. The van der Waals surface area contributed by atoms with Crippen molar-refractivity contribution in [3.8, 4) is 12.1 Å². The Kier molecular flexibility index (Phi) is 4.72. The van der Waals surface area contributed by atoms with Crippen LogP contribution in [0.25, 0.3) is 17.2 Å². The van der Waals surface area contributed by atoms with Gasteiger partial charge >= 0.3 is 0 Å². The monoisotopic (exact) mass is 397 g/mol. The van der Waals surface area contributed by atoms with Crippen LogP contribution in [0.5, 0.6) is 0 Å². The topological polar surface area (TPSA) is 101 Å². The van der Waals surface area contributed by atoms with E-state index in [0.717, 1.165) is 32.3 Å². The van der Waals surface area contributed by atoms with Gasteiger partial charge in [-0.15, -0.1) is 0 Å². The lowest BCUT2D eigenvalue weighted by Gasteiger charge is -2.07. The van der Waals surface area contributed by atoms with Gasteiger partial charge in [0.15, 0.2) is 10.8 Å². The molecule has 3 N–H and O–H groups in total. The summed E-state index contributed by atoms with van der Waals surface area (Å²) >= 11 is 1.54. The molecule has 0 atom stereocenters. The molecule has 2 aromatic heterocycles. The average Bonchev–Trinajstić information content (AvgIpc) is 3.25. The van der Waals surface area contributed by atoms with Gasteiger partial charge in [-0.1, -0.05) is 30.0 Å². The minimum Gasteiger partial charge on any atom is -0.450 e. The lowest BCUT2D eigenvalue weighted by atomic mass is 9.96. The number of allylic oxidation sites excluding steroid dienone is 3. The van der Waals surface area contributed by atoms with E-state index in [4.69, 9.17) is 10.2 Å². The molecule has 0 amide bonds. The third kappa shape index (κ3) is 3.20. The first kappa shape index (κ1) is 18.6. The van der Waals surface area contributed by atoms with Gasteiger partial charge in [0, 0.05) is 10.5 Å². The van der Waals surface area contributed by atoms with Gasteiger partial charge < -0.3 is 4.42 Å². The van der Waals surface area contributed by atoms with Crippen molar-refractivity contribution in [1.29, 1.82) is 10.5 Å². The van der Waals surface area contributed by atoms with Gasteiger partial charge in [0.1, 0.15) is 29.0 Å². The van der Waals surface area contributed by atoms with Crippen LogP contribution in [-0.4, -0.2) is 0 Å². The largest absolute Gasteiger partial charge is 0.450 e. The summed E-state index contributed by atoms with van der Waals surface area (Å²) in [5, 5.41) is 19.9. The van der Waals surface area contributed by atoms with Crippen LogP contribution in [0.2, 0.25) is 0 Å². The van der Waals surface area contributed by atoms with Crippen LogP contribution in [0, 0.1) is 29.6 Å². The highest BCUT2D eigenvalue weighted by atomic mass is 32.2. The molecule has 0 bridgehead atoms. The molecule has 0 aliphatic heterocycles. The number of furan rings is 1. The zero-order valence-electron chi connectivity index (χ0n) is 15.9. The number of aromatic amines is 1. The highest BCUT2D eigenvalue weighted by Gasteiger charge is 2.32. The molecular formula is C23H17N4OS+. The predicted octanol–water partition coefficient (Wildman–Crippen LogP) is 4.86. The second-order valence-corrected chi connectivity index (χ2v) is 7.72. The molecule has 1 aromatic carbocycles. The normalized spacial score (nSPS) is 14.0. The molecule has 1 aliphatic rings. The van der Waals surface area contributed by atoms with Crippen LogP contribution >= 0.6 is 11.8 Å². The molecule has 0 saturated heterocycles. The van der Waals surface area contributed by atoms with Crippen LogP contribution in [-0.2, 0) is 0 Å². The Morgan fingerprint density at radius 3 is 2.52 bits per heavy atom. The van der Waals surface area contributed by atoms with E-state index in [-0.39, 0.29) is 5.82 Å². The van der Waals surface area contributed by atoms with Crippen molar-refractivity contribution in [3.63, 3.8) is 0 Å². The molecule has 0 fully saturated rings. The number of pyridine rings is 1. The number of hydrogen-bond acceptors (Lipinski definition) is 5. The summed E-state index contributed by atoms with van der Waals surface area (Å²) < 4.78 is 5.98. The zero-order valence-corrected chi connectivity index (χ0v) is 16.7. The minimum absolute atomic E-state index is 0.269. The van der Waals surface area contributed by atoms with E-state index in [9.17, 15) is 10.5 Å². The average molecular weight is 397 g/mol. The molecule has 0 unspecified atom stereocenters. The van der Waals surface area contributed by atoms with E-state index >= 15 is 0 Å². The first-order chi connectivity index (χ1) is 14.0. The van der Waals surface area contributed by atoms with Crippen LogP contribution in [0.4, 0.5) is 5.82 Å². The van der Waals surface area contributed by atoms with Gasteiger partial charge in [0.2, 0.25) is 0 Å². The van der Waals surface area contributed by atoms with Gasteiger partial charge in [-0.3, -0.25) is 5.73 Å². The maximum absolute atomic E-state index is 9.66. The fraction of sp³-hybridized carbons (Fsp3) is 0.0870. The third-order valence-electron chi connectivity index (χ3n) is 4.90. The molecule has 1 aliphatic carbocycles. The number of benzene rings is 1. The van der Waals surface area contributed by atoms with Crippen LogP contribution in [0.3, 0.4) is 0 Å². The van der Waals surface area contributed by atoms with Crippen molar-refractivity contribution in [3.05, 3.63) is 76.2 Å². The summed E-state index contributed by atoms with van der Waals surface area (Å²) in [7, 11) is 0. The number of nitrogens with one attached hydrogen (secondary N) is 1. The van der Waals surface area contributed by atoms with Crippen LogP contribution < -0.4 is 10.7 Å². The molecule has 140 valence electrons. The fourth-order valence-corrected chi connectivity index (χ4v) is 4.29. The van der Waals surface area contributed by atoms with E-state index in [1.165, 1.54) is 0 Å². The minimum atomic E-state index is 0.269. The number of fused-ring (bicyclic) bond motifs is 1. The molecule has 6 heteroatoms. The van der Waals surface area contributed by atoms with E-state index in [2.05, 4.69) is 17.1 Å². The van der Waals surface area contributed by atoms with E-state index < -0.39 is 0 Å². The molecule has 4 rings (SSSR count). The predicted molar refractivity (Wildman–Crippen MR) is 112 cm³/mol. The highest BCUT2D eigenvalue weighted by Crippen LogP contribution is 2.43. The Morgan fingerprint density at radius 1 is 1.07 bits per heavy atom. The van der Waals surface area contributed by atoms with E-state index in [1.54, 1.807) is 11.8 Å². The summed E-state index contributed by atoms with van der Waals surface area (Å²) in [5.74, 6) is 0.947. The van der Waals surface area contributed by atoms with Crippen LogP contribution in [0.1, 0.15) is 35.1 Å². The Labute approximate surface area is 172 Å². The van der Waals surface area contributed by atoms with Gasteiger partial charge in [-0.05, 0) is 60.9 Å². The SMILES string of the molecule is CC1=C(C#N)c2[nH+]c(N)c(C#N)c(C)c2/C1=C/c1ccc(Sc2ccccc2)o1. The van der Waals surface area contributed by atoms with E-state index in [1.807, 2.05) is 62.4 Å². The van der Waals surface area contributed by atoms with Crippen molar-refractivity contribution >= 4 is 34.8 Å². The maximum atomic E-state index is 9.66. The molecule has 0 radical (unpaired) electrons. The molecule has 0 saturated carbocycles. The number of nitriles is 2. The molecule has 29 heavy (non-hydrogen) atoms. The first-order valence-electron chi connectivity index (χ1n) is 8.95. The van der Waals surface area contributed by atoms with Gasteiger partial charge in [-0.2, -0.15) is 10.5 Å². The third-order valence-corrected chi connectivity index (χ3v) is 5.83. The molecule has 0 spiro atoms. The maximum Gasteiger partial charge on any atom is 0.289 e. The Bertz CT molecular complexity index is 1270.